The summed E-state index contributed by atoms with van der Waals surface area (Å²) in [5.74, 6) is 0.336. The Morgan fingerprint density at radius 1 is 1.11 bits per heavy atom. The lowest BCUT2D eigenvalue weighted by Gasteiger charge is -2.10. The molecule has 1 atom stereocenters. The Morgan fingerprint density at radius 2 is 1.72 bits per heavy atom. The number of methoxy groups -OCH3 is 3. The van der Waals surface area contributed by atoms with Gasteiger partial charge in [-0.2, -0.15) is 9.97 Å². The molecule has 1 aromatic heterocycles. The topological polar surface area (TPSA) is 98.6 Å². The van der Waals surface area contributed by atoms with Crippen molar-refractivity contribution in [3.05, 3.63) is 0 Å². The zero-order valence-electron chi connectivity index (χ0n) is 10.7. The Balaban J connectivity index is 2.50. The van der Waals surface area contributed by atoms with Crippen molar-refractivity contribution in [2.24, 2.45) is 0 Å². The highest BCUT2D eigenvalue weighted by atomic mass is 16.5. The van der Waals surface area contributed by atoms with Gasteiger partial charge in [0.1, 0.15) is 0 Å². The molecule has 8 heteroatoms. The molecule has 1 heterocycles. The first-order valence-electron chi connectivity index (χ1n) is 5.44. The highest BCUT2D eigenvalue weighted by molar-refractivity contribution is 5.27. The molecular formula is C10H18N4O4. The number of aliphatic hydroxyl groups is 1. The van der Waals surface area contributed by atoms with E-state index in [9.17, 15) is 5.11 Å². The fourth-order valence-electron chi connectivity index (χ4n) is 1.23. The minimum Gasteiger partial charge on any atom is -0.467 e. The van der Waals surface area contributed by atoms with E-state index in [4.69, 9.17) is 14.2 Å². The largest absolute Gasteiger partial charge is 0.467 e. The van der Waals surface area contributed by atoms with Crippen LogP contribution >= 0.6 is 0 Å². The van der Waals surface area contributed by atoms with Crippen LogP contribution in [0, 0.1) is 0 Å². The Kier molecular flexibility index (Phi) is 6.09. The highest BCUT2D eigenvalue weighted by Crippen LogP contribution is 2.11. The SMILES string of the molecule is COCC(O)CCNc1nc(OC)nc(OC)n1. The molecule has 0 aliphatic carbocycles. The van der Waals surface area contributed by atoms with Crippen LogP contribution in [-0.4, -0.2) is 60.6 Å². The molecule has 0 radical (unpaired) electrons. The van der Waals surface area contributed by atoms with E-state index < -0.39 is 6.10 Å². The number of aliphatic hydroxyl groups excluding tert-OH is 1. The third-order valence-electron chi connectivity index (χ3n) is 2.08. The maximum Gasteiger partial charge on any atom is 0.324 e. The number of hydrogen-bond acceptors (Lipinski definition) is 8. The van der Waals surface area contributed by atoms with E-state index in [0.717, 1.165) is 0 Å². The van der Waals surface area contributed by atoms with E-state index >= 15 is 0 Å². The molecule has 0 amide bonds. The molecule has 0 aromatic carbocycles. The standard InChI is InChI=1S/C10H18N4O4/c1-16-6-7(15)4-5-11-8-12-9(17-2)14-10(13-8)18-3/h7,15H,4-6H2,1-3H3,(H,11,12,13,14). The molecule has 0 aliphatic heterocycles. The summed E-state index contributed by atoms with van der Waals surface area (Å²) in [5.41, 5.74) is 0. The van der Waals surface area contributed by atoms with Crippen LogP contribution in [0.2, 0.25) is 0 Å². The number of anilines is 1. The van der Waals surface area contributed by atoms with E-state index in [-0.39, 0.29) is 12.0 Å². The average Bonchev–Trinajstić information content (AvgIpc) is 2.38. The van der Waals surface area contributed by atoms with Gasteiger partial charge in [0.2, 0.25) is 5.95 Å². The number of aromatic nitrogens is 3. The maximum absolute atomic E-state index is 9.46. The molecule has 1 rings (SSSR count). The summed E-state index contributed by atoms with van der Waals surface area (Å²) in [6.07, 6.45) is -0.00224. The van der Waals surface area contributed by atoms with Crippen molar-refractivity contribution in [2.75, 3.05) is 39.8 Å². The summed E-state index contributed by atoms with van der Waals surface area (Å²) < 4.78 is 14.6. The first-order valence-corrected chi connectivity index (χ1v) is 5.44. The van der Waals surface area contributed by atoms with Crippen LogP contribution < -0.4 is 14.8 Å². The van der Waals surface area contributed by atoms with Gasteiger partial charge in [0, 0.05) is 13.7 Å². The second kappa shape index (κ2) is 7.62. The van der Waals surface area contributed by atoms with Crippen LogP contribution in [0.4, 0.5) is 5.95 Å². The summed E-state index contributed by atoms with van der Waals surface area (Å²) in [6, 6.07) is 0.337. The highest BCUT2D eigenvalue weighted by Gasteiger charge is 2.08. The minimum absolute atomic E-state index is 0.168. The molecular weight excluding hydrogens is 240 g/mol. The Hall–Kier alpha value is -1.67. The van der Waals surface area contributed by atoms with Gasteiger partial charge in [0.05, 0.1) is 26.9 Å². The second-order valence-electron chi connectivity index (χ2n) is 3.46. The molecule has 1 aromatic rings. The molecule has 0 saturated heterocycles. The molecule has 2 N–H and O–H groups in total. The van der Waals surface area contributed by atoms with Gasteiger partial charge in [-0.25, -0.2) is 0 Å². The van der Waals surface area contributed by atoms with Gasteiger partial charge in [0.25, 0.3) is 0 Å². The molecule has 0 fully saturated rings. The van der Waals surface area contributed by atoms with Gasteiger partial charge in [-0.05, 0) is 6.42 Å². The van der Waals surface area contributed by atoms with Gasteiger partial charge >= 0.3 is 12.0 Å². The van der Waals surface area contributed by atoms with Crippen LogP contribution in [-0.2, 0) is 4.74 Å². The lowest BCUT2D eigenvalue weighted by molar-refractivity contribution is 0.0615. The monoisotopic (exact) mass is 258 g/mol. The summed E-state index contributed by atoms with van der Waals surface area (Å²) in [5, 5.41) is 12.4. The van der Waals surface area contributed by atoms with Crippen molar-refractivity contribution in [3.63, 3.8) is 0 Å². The Bertz CT molecular complexity index is 341. The number of ether oxygens (including phenoxy) is 3. The molecule has 8 nitrogen and oxygen atoms in total. The van der Waals surface area contributed by atoms with Crippen molar-refractivity contribution < 1.29 is 19.3 Å². The van der Waals surface area contributed by atoms with Crippen LogP contribution in [0.15, 0.2) is 0 Å². The Labute approximate surface area is 105 Å². The van der Waals surface area contributed by atoms with Crippen LogP contribution in [0.25, 0.3) is 0 Å². The van der Waals surface area contributed by atoms with Gasteiger partial charge in [-0.15, -0.1) is 4.98 Å². The lowest BCUT2D eigenvalue weighted by atomic mass is 10.3. The third-order valence-corrected chi connectivity index (χ3v) is 2.08. The van der Waals surface area contributed by atoms with Gasteiger partial charge < -0.3 is 24.6 Å². The predicted octanol–water partition coefficient (Wildman–Crippen LogP) is -0.302. The number of nitrogens with zero attached hydrogens (tertiary/aromatic N) is 3. The summed E-state index contributed by atoms with van der Waals surface area (Å²) >= 11 is 0. The lowest BCUT2D eigenvalue weighted by Crippen LogP contribution is -2.19. The molecule has 0 spiro atoms. The van der Waals surface area contributed by atoms with Crippen molar-refractivity contribution >= 4 is 5.95 Å². The summed E-state index contributed by atoms with van der Waals surface area (Å²) in [7, 11) is 4.46. The quantitative estimate of drug-likeness (QED) is 0.655. The van der Waals surface area contributed by atoms with E-state index in [1.54, 1.807) is 7.11 Å². The average molecular weight is 258 g/mol. The molecule has 0 saturated carbocycles. The first-order chi connectivity index (χ1) is 8.69. The number of nitrogens with one attached hydrogen (secondary N) is 1. The van der Waals surface area contributed by atoms with Crippen molar-refractivity contribution in [1.29, 1.82) is 0 Å². The third kappa shape index (κ3) is 4.68. The molecule has 0 bridgehead atoms. The second-order valence-corrected chi connectivity index (χ2v) is 3.46. The van der Waals surface area contributed by atoms with E-state index in [2.05, 4.69) is 20.3 Å². The normalized spacial score (nSPS) is 12.0. The zero-order chi connectivity index (χ0) is 13.4. The molecule has 18 heavy (non-hydrogen) atoms. The fraction of sp³-hybridized carbons (Fsp3) is 0.700. The molecule has 0 aliphatic rings. The maximum atomic E-state index is 9.46. The first kappa shape index (κ1) is 14.4. The van der Waals surface area contributed by atoms with Crippen molar-refractivity contribution in [1.82, 2.24) is 15.0 Å². The molecule has 102 valence electrons. The summed E-state index contributed by atoms with van der Waals surface area (Å²) in [6.45, 7) is 0.798. The fourth-order valence-corrected chi connectivity index (χ4v) is 1.23. The van der Waals surface area contributed by atoms with Crippen LogP contribution in [0.1, 0.15) is 6.42 Å². The number of rotatable bonds is 8. The Morgan fingerprint density at radius 3 is 2.22 bits per heavy atom. The van der Waals surface area contributed by atoms with Crippen molar-refractivity contribution in [2.45, 2.75) is 12.5 Å². The van der Waals surface area contributed by atoms with Crippen LogP contribution in [0.5, 0.6) is 12.0 Å². The van der Waals surface area contributed by atoms with Gasteiger partial charge in [-0.1, -0.05) is 0 Å². The van der Waals surface area contributed by atoms with E-state index in [0.29, 0.717) is 25.5 Å². The summed E-state index contributed by atoms with van der Waals surface area (Å²) in [4.78, 5) is 11.9. The predicted molar refractivity (Wildman–Crippen MR) is 63.9 cm³/mol. The van der Waals surface area contributed by atoms with Crippen molar-refractivity contribution in [3.8, 4) is 12.0 Å². The zero-order valence-corrected chi connectivity index (χ0v) is 10.7. The minimum atomic E-state index is -0.520. The van der Waals surface area contributed by atoms with E-state index in [1.807, 2.05) is 0 Å². The number of hydrogen-bond donors (Lipinski definition) is 2. The van der Waals surface area contributed by atoms with Gasteiger partial charge in [0.15, 0.2) is 0 Å². The van der Waals surface area contributed by atoms with E-state index in [1.165, 1.54) is 14.2 Å². The van der Waals surface area contributed by atoms with Crippen LogP contribution in [0.3, 0.4) is 0 Å². The molecule has 1 unspecified atom stereocenters. The smallest absolute Gasteiger partial charge is 0.324 e. The van der Waals surface area contributed by atoms with Gasteiger partial charge in [-0.3, -0.25) is 0 Å².